The maximum Gasteiger partial charge on any atom is 0.0197 e. The number of nitrogens with zero attached hydrogens (tertiary/aromatic N) is 2. The number of hydrogen-bond donors (Lipinski definition) is 1. The van der Waals surface area contributed by atoms with E-state index < -0.39 is 0 Å². The summed E-state index contributed by atoms with van der Waals surface area (Å²) in [6.07, 6.45) is 4.01. The van der Waals surface area contributed by atoms with Gasteiger partial charge in [-0.3, -0.25) is 5.84 Å². The number of rotatable bonds is 0. The molecule has 0 amide bonds. The third-order valence-corrected chi connectivity index (χ3v) is 3.32. The molecule has 3 nitrogen and oxygen atoms in total. The van der Waals surface area contributed by atoms with E-state index in [9.17, 15) is 0 Å². The minimum atomic E-state index is 0.543. The molecule has 0 saturated carbocycles. The number of nitrogens with two attached hydrogens (primary N) is 1. The summed E-state index contributed by atoms with van der Waals surface area (Å²) < 4.78 is 0. The van der Waals surface area contributed by atoms with Crippen LogP contribution in [0.15, 0.2) is 0 Å². The highest BCUT2D eigenvalue weighted by molar-refractivity contribution is 4.92. The molecule has 2 fully saturated rings. The number of hydrazine groups is 1. The van der Waals surface area contributed by atoms with E-state index in [0.717, 1.165) is 13.1 Å². The Morgan fingerprint density at radius 1 is 1.17 bits per heavy atom. The fraction of sp³-hybridized carbons (Fsp3) is 1.00. The molecule has 0 aliphatic carbocycles. The first-order chi connectivity index (χ1) is 5.70. The minimum absolute atomic E-state index is 0.543. The van der Waals surface area contributed by atoms with Crippen molar-refractivity contribution in [1.82, 2.24) is 9.91 Å². The molecular formula is C9H19N3. The smallest absolute Gasteiger partial charge is 0.0197 e. The largest absolute Gasteiger partial charge is 0.306 e. The maximum atomic E-state index is 5.85. The van der Waals surface area contributed by atoms with Gasteiger partial charge in [-0.1, -0.05) is 0 Å². The van der Waals surface area contributed by atoms with Gasteiger partial charge in [0.05, 0.1) is 0 Å². The Balaban J connectivity index is 2.00. The van der Waals surface area contributed by atoms with Crippen molar-refractivity contribution < 1.29 is 0 Å². The van der Waals surface area contributed by atoms with Crippen molar-refractivity contribution >= 4 is 0 Å². The zero-order valence-electron chi connectivity index (χ0n) is 7.92. The fourth-order valence-electron chi connectivity index (χ4n) is 2.74. The molecule has 1 spiro atoms. The lowest BCUT2D eigenvalue weighted by Crippen LogP contribution is -2.47. The Labute approximate surface area is 74.5 Å². The lowest BCUT2D eigenvalue weighted by atomic mass is 9.80. The molecule has 0 aromatic rings. The van der Waals surface area contributed by atoms with Gasteiger partial charge in [-0.2, -0.15) is 0 Å². The molecular weight excluding hydrogens is 150 g/mol. The van der Waals surface area contributed by atoms with Crippen LogP contribution in [-0.2, 0) is 0 Å². The van der Waals surface area contributed by atoms with Crippen LogP contribution in [0.1, 0.15) is 19.3 Å². The SMILES string of the molecule is CN1CCC2(CCCN(N)C2)C1. The van der Waals surface area contributed by atoms with Crippen LogP contribution in [0.25, 0.3) is 0 Å². The second kappa shape index (κ2) is 2.98. The summed E-state index contributed by atoms with van der Waals surface area (Å²) in [5.41, 5.74) is 0.543. The summed E-state index contributed by atoms with van der Waals surface area (Å²) in [5.74, 6) is 5.85. The van der Waals surface area contributed by atoms with E-state index in [1.165, 1.54) is 32.4 Å². The van der Waals surface area contributed by atoms with E-state index in [1.54, 1.807) is 0 Å². The number of piperidine rings is 1. The molecule has 2 N–H and O–H groups in total. The highest BCUT2D eigenvalue weighted by Crippen LogP contribution is 2.37. The number of hydrogen-bond acceptors (Lipinski definition) is 3. The lowest BCUT2D eigenvalue weighted by molar-refractivity contribution is 0.0962. The normalized spacial score (nSPS) is 39.5. The van der Waals surface area contributed by atoms with Gasteiger partial charge in [-0.05, 0) is 38.3 Å². The van der Waals surface area contributed by atoms with Gasteiger partial charge in [0.15, 0.2) is 0 Å². The third-order valence-electron chi connectivity index (χ3n) is 3.32. The van der Waals surface area contributed by atoms with Crippen molar-refractivity contribution in [3.63, 3.8) is 0 Å². The first-order valence-corrected chi connectivity index (χ1v) is 4.88. The van der Waals surface area contributed by atoms with Crippen LogP contribution in [0.5, 0.6) is 0 Å². The third kappa shape index (κ3) is 1.49. The molecule has 70 valence electrons. The summed E-state index contributed by atoms with van der Waals surface area (Å²) in [5, 5.41) is 2.00. The fourth-order valence-corrected chi connectivity index (χ4v) is 2.74. The van der Waals surface area contributed by atoms with E-state index in [1.807, 2.05) is 5.01 Å². The van der Waals surface area contributed by atoms with Crippen LogP contribution in [-0.4, -0.2) is 43.1 Å². The molecule has 2 saturated heterocycles. The second-order valence-corrected chi connectivity index (χ2v) is 4.56. The first-order valence-electron chi connectivity index (χ1n) is 4.88. The molecule has 2 heterocycles. The summed E-state index contributed by atoms with van der Waals surface area (Å²) >= 11 is 0. The van der Waals surface area contributed by atoms with Crippen LogP contribution < -0.4 is 5.84 Å². The van der Waals surface area contributed by atoms with Crippen molar-refractivity contribution in [1.29, 1.82) is 0 Å². The van der Waals surface area contributed by atoms with E-state index in [-0.39, 0.29) is 0 Å². The van der Waals surface area contributed by atoms with Crippen molar-refractivity contribution in [3.8, 4) is 0 Å². The van der Waals surface area contributed by atoms with E-state index >= 15 is 0 Å². The molecule has 1 unspecified atom stereocenters. The quantitative estimate of drug-likeness (QED) is 0.529. The van der Waals surface area contributed by atoms with Gasteiger partial charge in [-0.15, -0.1) is 0 Å². The Bertz CT molecular complexity index is 167. The van der Waals surface area contributed by atoms with Crippen molar-refractivity contribution in [2.24, 2.45) is 11.3 Å². The van der Waals surface area contributed by atoms with Crippen molar-refractivity contribution in [2.75, 3.05) is 33.2 Å². The number of likely N-dealkylation sites (tertiary alicyclic amines) is 1. The van der Waals surface area contributed by atoms with Crippen molar-refractivity contribution in [2.45, 2.75) is 19.3 Å². The van der Waals surface area contributed by atoms with Crippen molar-refractivity contribution in [3.05, 3.63) is 0 Å². The molecule has 0 aromatic carbocycles. The highest BCUT2D eigenvalue weighted by atomic mass is 15.4. The van der Waals surface area contributed by atoms with Gasteiger partial charge < -0.3 is 4.90 Å². The molecule has 2 aliphatic rings. The average Bonchev–Trinajstić information content (AvgIpc) is 2.32. The topological polar surface area (TPSA) is 32.5 Å². The molecule has 0 radical (unpaired) electrons. The van der Waals surface area contributed by atoms with E-state index in [0.29, 0.717) is 5.41 Å². The highest BCUT2D eigenvalue weighted by Gasteiger charge is 2.39. The minimum Gasteiger partial charge on any atom is -0.306 e. The van der Waals surface area contributed by atoms with E-state index in [4.69, 9.17) is 5.84 Å². The Kier molecular flexibility index (Phi) is 2.10. The van der Waals surface area contributed by atoms with Crippen LogP contribution in [0, 0.1) is 5.41 Å². The lowest BCUT2D eigenvalue weighted by Gasteiger charge is -2.38. The second-order valence-electron chi connectivity index (χ2n) is 4.56. The maximum absolute atomic E-state index is 5.85. The molecule has 2 rings (SSSR count). The Morgan fingerprint density at radius 3 is 2.58 bits per heavy atom. The molecule has 0 aromatic heterocycles. The molecule has 3 heteroatoms. The summed E-state index contributed by atoms with van der Waals surface area (Å²) in [6.45, 7) is 4.71. The average molecular weight is 169 g/mol. The van der Waals surface area contributed by atoms with Crippen LogP contribution >= 0.6 is 0 Å². The zero-order valence-corrected chi connectivity index (χ0v) is 7.92. The van der Waals surface area contributed by atoms with Gasteiger partial charge >= 0.3 is 0 Å². The van der Waals surface area contributed by atoms with Gasteiger partial charge in [0.2, 0.25) is 0 Å². The van der Waals surface area contributed by atoms with Gasteiger partial charge in [0, 0.05) is 19.6 Å². The van der Waals surface area contributed by atoms with Gasteiger partial charge in [0.1, 0.15) is 0 Å². The standard InChI is InChI=1S/C9H19N3/c1-11-6-4-9(7-11)3-2-5-12(10)8-9/h2-8,10H2,1H3. The van der Waals surface area contributed by atoms with Crippen LogP contribution in [0.2, 0.25) is 0 Å². The van der Waals surface area contributed by atoms with Gasteiger partial charge in [-0.25, -0.2) is 5.01 Å². The molecule has 1 atom stereocenters. The Hall–Kier alpha value is -0.120. The summed E-state index contributed by atoms with van der Waals surface area (Å²) in [7, 11) is 2.21. The Morgan fingerprint density at radius 2 is 2.00 bits per heavy atom. The summed E-state index contributed by atoms with van der Waals surface area (Å²) in [6, 6.07) is 0. The predicted molar refractivity (Wildman–Crippen MR) is 49.5 cm³/mol. The predicted octanol–water partition coefficient (Wildman–Crippen LogP) is 0.278. The monoisotopic (exact) mass is 169 g/mol. The van der Waals surface area contributed by atoms with Crippen LogP contribution in [0.3, 0.4) is 0 Å². The first kappa shape index (κ1) is 8.48. The summed E-state index contributed by atoms with van der Waals surface area (Å²) in [4.78, 5) is 2.43. The van der Waals surface area contributed by atoms with E-state index in [2.05, 4.69) is 11.9 Å². The zero-order chi connectivity index (χ0) is 8.60. The van der Waals surface area contributed by atoms with Crippen LogP contribution in [0.4, 0.5) is 0 Å². The molecule has 2 aliphatic heterocycles. The molecule has 0 bridgehead atoms. The molecule has 12 heavy (non-hydrogen) atoms. The van der Waals surface area contributed by atoms with Gasteiger partial charge in [0.25, 0.3) is 0 Å².